The molecule has 0 aliphatic carbocycles. The molecule has 0 saturated carbocycles. The van der Waals surface area contributed by atoms with E-state index in [9.17, 15) is 14.0 Å². The van der Waals surface area contributed by atoms with Gasteiger partial charge in [-0.3, -0.25) is 4.90 Å². The third kappa shape index (κ3) is 3.01. The van der Waals surface area contributed by atoms with Crippen LogP contribution in [0.1, 0.15) is 12.0 Å². The van der Waals surface area contributed by atoms with E-state index in [0.717, 1.165) is 10.5 Å². The maximum Gasteiger partial charge on any atom is 0.408 e. The van der Waals surface area contributed by atoms with E-state index in [4.69, 9.17) is 10.2 Å². The van der Waals surface area contributed by atoms with E-state index in [1.165, 1.54) is 12.1 Å². The maximum atomic E-state index is 13.1. The molecule has 0 bridgehead atoms. The van der Waals surface area contributed by atoms with Crippen molar-refractivity contribution in [2.75, 3.05) is 6.54 Å². The van der Waals surface area contributed by atoms with Gasteiger partial charge in [-0.15, -0.1) is 0 Å². The zero-order valence-corrected chi connectivity index (χ0v) is 10.1. The molecule has 1 aliphatic heterocycles. The van der Waals surface area contributed by atoms with Crippen LogP contribution in [0.5, 0.6) is 0 Å². The monoisotopic (exact) mass is 267 g/mol. The SMILES string of the molecule is O=C(O)[C@@H]1C[C@H](Cc2cccc(F)c2)CN1C(=O)O. The van der Waals surface area contributed by atoms with Crippen molar-refractivity contribution in [3.8, 4) is 0 Å². The van der Waals surface area contributed by atoms with E-state index in [-0.39, 0.29) is 24.7 Å². The van der Waals surface area contributed by atoms with E-state index >= 15 is 0 Å². The number of hydrogen-bond donors (Lipinski definition) is 2. The van der Waals surface area contributed by atoms with Crippen molar-refractivity contribution >= 4 is 12.1 Å². The fraction of sp³-hybridized carbons (Fsp3) is 0.385. The molecule has 1 aliphatic rings. The predicted molar refractivity (Wildman–Crippen MR) is 64.4 cm³/mol. The predicted octanol–water partition coefficient (Wildman–Crippen LogP) is 1.82. The number of amides is 1. The number of benzene rings is 1. The van der Waals surface area contributed by atoms with E-state index in [0.29, 0.717) is 6.42 Å². The second-order valence-corrected chi connectivity index (χ2v) is 4.72. The van der Waals surface area contributed by atoms with Gasteiger partial charge in [0.15, 0.2) is 0 Å². The molecule has 1 fully saturated rings. The molecule has 0 spiro atoms. The van der Waals surface area contributed by atoms with Gasteiger partial charge in [-0.25, -0.2) is 14.0 Å². The second-order valence-electron chi connectivity index (χ2n) is 4.72. The Morgan fingerprint density at radius 1 is 1.37 bits per heavy atom. The van der Waals surface area contributed by atoms with Crippen LogP contribution in [-0.2, 0) is 11.2 Å². The van der Waals surface area contributed by atoms with Gasteiger partial charge in [0.25, 0.3) is 0 Å². The van der Waals surface area contributed by atoms with Crippen LogP contribution in [0, 0.1) is 11.7 Å². The Bertz CT molecular complexity index is 483. The fourth-order valence-electron chi connectivity index (χ4n) is 2.51. The van der Waals surface area contributed by atoms with Crippen LogP contribution in [0.2, 0.25) is 0 Å². The Balaban J connectivity index is 2.07. The normalized spacial score (nSPS) is 22.5. The largest absolute Gasteiger partial charge is 0.480 e. The van der Waals surface area contributed by atoms with Crippen molar-refractivity contribution in [3.05, 3.63) is 35.6 Å². The number of carboxylic acid groups (broad SMARTS) is 2. The van der Waals surface area contributed by atoms with Crippen molar-refractivity contribution in [2.45, 2.75) is 18.9 Å². The molecule has 1 aromatic carbocycles. The lowest BCUT2D eigenvalue weighted by atomic mass is 9.97. The lowest BCUT2D eigenvalue weighted by Crippen LogP contribution is -2.39. The average molecular weight is 267 g/mol. The number of carboxylic acids is 1. The Labute approximate surface area is 109 Å². The standard InChI is InChI=1S/C13H14FNO4/c14-10-3-1-2-8(5-10)4-9-6-11(12(16)17)15(7-9)13(18)19/h1-3,5,9,11H,4,6-7H2,(H,16,17)(H,18,19)/t9-,11-/m0/s1. The lowest BCUT2D eigenvalue weighted by Gasteiger charge is -2.16. The number of halogens is 1. The summed E-state index contributed by atoms with van der Waals surface area (Å²) in [4.78, 5) is 22.9. The molecular formula is C13H14FNO4. The van der Waals surface area contributed by atoms with Crippen molar-refractivity contribution in [1.29, 1.82) is 0 Å². The zero-order valence-electron chi connectivity index (χ0n) is 10.1. The quantitative estimate of drug-likeness (QED) is 0.875. The van der Waals surface area contributed by atoms with Gasteiger partial charge in [-0.05, 0) is 36.5 Å². The van der Waals surface area contributed by atoms with Crippen LogP contribution in [0.15, 0.2) is 24.3 Å². The number of carbonyl (C=O) groups is 2. The summed E-state index contributed by atoms with van der Waals surface area (Å²) in [5, 5.41) is 18.0. The van der Waals surface area contributed by atoms with Crippen molar-refractivity contribution < 1.29 is 24.2 Å². The van der Waals surface area contributed by atoms with Crippen LogP contribution in [0.4, 0.5) is 9.18 Å². The minimum atomic E-state index is -1.23. The Morgan fingerprint density at radius 3 is 2.63 bits per heavy atom. The summed E-state index contributed by atoms with van der Waals surface area (Å²) in [5.74, 6) is -1.58. The molecule has 5 nitrogen and oxygen atoms in total. The minimum absolute atomic E-state index is 0.0981. The summed E-state index contributed by atoms with van der Waals surface area (Å²) in [7, 11) is 0. The van der Waals surface area contributed by atoms with Crippen LogP contribution >= 0.6 is 0 Å². The van der Waals surface area contributed by atoms with Crippen molar-refractivity contribution in [2.24, 2.45) is 5.92 Å². The lowest BCUT2D eigenvalue weighted by molar-refractivity contribution is -0.141. The third-order valence-electron chi connectivity index (χ3n) is 3.33. The van der Waals surface area contributed by atoms with Gasteiger partial charge in [-0.1, -0.05) is 12.1 Å². The highest BCUT2D eigenvalue weighted by atomic mass is 19.1. The molecule has 1 saturated heterocycles. The highest BCUT2D eigenvalue weighted by Gasteiger charge is 2.39. The van der Waals surface area contributed by atoms with E-state index in [1.807, 2.05) is 0 Å². The minimum Gasteiger partial charge on any atom is -0.480 e. The van der Waals surface area contributed by atoms with Gasteiger partial charge < -0.3 is 10.2 Å². The molecule has 2 N–H and O–H groups in total. The number of aliphatic carboxylic acids is 1. The molecule has 0 radical (unpaired) electrons. The Hall–Kier alpha value is -2.11. The average Bonchev–Trinajstić information content (AvgIpc) is 2.73. The number of likely N-dealkylation sites (tertiary alicyclic amines) is 1. The van der Waals surface area contributed by atoms with Gasteiger partial charge in [0.2, 0.25) is 0 Å². The molecule has 102 valence electrons. The van der Waals surface area contributed by atoms with Gasteiger partial charge in [0, 0.05) is 6.54 Å². The Morgan fingerprint density at radius 2 is 2.11 bits per heavy atom. The molecule has 0 aromatic heterocycles. The molecule has 1 heterocycles. The first-order valence-corrected chi connectivity index (χ1v) is 5.94. The van der Waals surface area contributed by atoms with Crippen LogP contribution in [-0.4, -0.2) is 39.8 Å². The Kier molecular flexibility index (Phi) is 3.69. The summed E-state index contributed by atoms with van der Waals surface area (Å²) < 4.78 is 13.1. The van der Waals surface area contributed by atoms with E-state index in [2.05, 4.69) is 0 Å². The first-order chi connectivity index (χ1) is 8.97. The molecule has 1 aromatic rings. The summed E-state index contributed by atoms with van der Waals surface area (Å²) in [5.41, 5.74) is 0.751. The third-order valence-corrected chi connectivity index (χ3v) is 3.33. The summed E-state index contributed by atoms with van der Waals surface area (Å²) in [6.45, 7) is 0.169. The van der Waals surface area contributed by atoms with Gasteiger partial charge >= 0.3 is 12.1 Å². The zero-order chi connectivity index (χ0) is 14.0. The van der Waals surface area contributed by atoms with Crippen LogP contribution in [0.3, 0.4) is 0 Å². The van der Waals surface area contributed by atoms with Gasteiger partial charge in [0.05, 0.1) is 0 Å². The number of rotatable bonds is 3. The number of nitrogens with zero attached hydrogens (tertiary/aromatic N) is 1. The first-order valence-electron chi connectivity index (χ1n) is 5.94. The molecule has 6 heteroatoms. The summed E-state index contributed by atoms with van der Waals surface area (Å²) in [6.07, 6.45) is -0.488. The molecule has 2 atom stereocenters. The smallest absolute Gasteiger partial charge is 0.408 e. The highest BCUT2D eigenvalue weighted by Crippen LogP contribution is 2.26. The maximum absolute atomic E-state index is 13.1. The topological polar surface area (TPSA) is 77.8 Å². The molecule has 19 heavy (non-hydrogen) atoms. The van der Waals surface area contributed by atoms with Gasteiger partial charge in [0.1, 0.15) is 11.9 Å². The van der Waals surface area contributed by atoms with Gasteiger partial charge in [-0.2, -0.15) is 0 Å². The fourth-order valence-corrected chi connectivity index (χ4v) is 2.51. The number of hydrogen-bond acceptors (Lipinski definition) is 2. The molecule has 1 amide bonds. The molecular weight excluding hydrogens is 253 g/mol. The van der Waals surface area contributed by atoms with E-state index in [1.54, 1.807) is 12.1 Å². The van der Waals surface area contributed by atoms with Crippen molar-refractivity contribution in [3.63, 3.8) is 0 Å². The van der Waals surface area contributed by atoms with Crippen LogP contribution in [0.25, 0.3) is 0 Å². The summed E-state index contributed by atoms with van der Waals surface area (Å²) >= 11 is 0. The van der Waals surface area contributed by atoms with Crippen molar-refractivity contribution in [1.82, 2.24) is 4.90 Å². The van der Waals surface area contributed by atoms with E-state index < -0.39 is 18.1 Å². The first kappa shape index (κ1) is 13.3. The summed E-state index contributed by atoms with van der Waals surface area (Å²) in [6, 6.07) is 5.06. The second kappa shape index (κ2) is 5.26. The highest BCUT2D eigenvalue weighted by molar-refractivity contribution is 5.80. The van der Waals surface area contributed by atoms with Crippen LogP contribution < -0.4 is 0 Å². The molecule has 2 rings (SSSR count). The molecule has 0 unspecified atom stereocenters.